The molecule has 8 nitrogen and oxygen atoms in total. The second-order valence-corrected chi connectivity index (χ2v) is 9.07. The lowest BCUT2D eigenvalue weighted by Crippen LogP contribution is -2.44. The van der Waals surface area contributed by atoms with Gasteiger partial charge in [-0.1, -0.05) is 0 Å². The average Bonchev–Trinajstić information content (AvgIpc) is 3.19. The summed E-state index contributed by atoms with van der Waals surface area (Å²) in [6.45, 7) is 0.193. The maximum atomic E-state index is 13.0. The van der Waals surface area contributed by atoms with Gasteiger partial charge in [0.1, 0.15) is 5.82 Å². The lowest BCUT2D eigenvalue weighted by molar-refractivity contribution is -0.128. The minimum Gasteiger partial charge on any atom is -0.347 e. The molecule has 3 rings (SSSR count). The van der Waals surface area contributed by atoms with Crippen LogP contribution < -0.4 is 10.6 Å². The minimum absolute atomic E-state index is 0.0238. The summed E-state index contributed by atoms with van der Waals surface area (Å²) in [5.41, 5.74) is 0. The minimum atomic E-state index is -3.72. The zero-order valence-corrected chi connectivity index (χ0v) is 16.4. The van der Waals surface area contributed by atoms with Crippen molar-refractivity contribution in [1.29, 1.82) is 0 Å². The quantitative estimate of drug-likeness (QED) is 0.727. The number of rotatable bonds is 6. The molecule has 1 fully saturated rings. The van der Waals surface area contributed by atoms with Gasteiger partial charge in [-0.15, -0.1) is 11.3 Å². The molecule has 1 aliphatic rings. The number of anilines is 1. The molecule has 28 heavy (non-hydrogen) atoms. The lowest BCUT2D eigenvalue weighted by atomic mass is 9.97. The summed E-state index contributed by atoms with van der Waals surface area (Å²) in [5, 5.41) is 7.32. The molecular formula is C17H19FN4O4S2. The van der Waals surface area contributed by atoms with Crippen molar-refractivity contribution in [2.45, 2.75) is 17.7 Å². The Morgan fingerprint density at radius 3 is 2.50 bits per heavy atom. The molecule has 11 heteroatoms. The standard InChI is InChI=1S/C17H19FN4O4S2/c18-13-1-3-14(4-2-13)28(25,26)22-8-5-12(6-9-22)16(24)20-11-15(23)21-17-19-7-10-27-17/h1-4,7,10,12H,5-6,8-9,11H2,(H,20,24)(H,19,21,23). The van der Waals surface area contributed by atoms with E-state index in [1.165, 1.54) is 27.8 Å². The molecule has 2 heterocycles. The third-order valence-corrected chi connectivity index (χ3v) is 6.98. The molecule has 150 valence electrons. The number of nitrogens with zero attached hydrogens (tertiary/aromatic N) is 2. The van der Waals surface area contributed by atoms with Crippen molar-refractivity contribution in [3.8, 4) is 0 Å². The van der Waals surface area contributed by atoms with Gasteiger partial charge >= 0.3 is 0 Å². The van der Waals surface area contributed by atoms with Crippen molar-refractivity contribution in [2.24, 2.45) is 5.92 Å². The van der Waals surface area contributed by atoms with E-state index >= 15 is 0 Å². The van der Waals surface area contributed by atoms with Crippen LogP contribution in [0.3, 0.4) is 0 Å². The van der Waals surface area contributed by atoms with Gasteiger partial charge in [0.2, 0.25) is 21.8 Å². The third kappa shape index (κ3) is 4.91. The van der Waals surface area contributed by atoms with Crippen LogP contribution in [0.1, 0.15) is 12.8 Å². The number of nitrogens with one attached hydrogen (secondary N) is 2. The van der Waals surface area contributed by atoms with E-state index in [4.69, 9.17) is 0 Å². The SMILES string of the molecule is O=C(CNC(=O)C1CCN(S(=O)(=O)c2ccc(F)cc2)CC1)Nc1nccs1. The number of thiazole rings is 1. The molecule has 1 aliphatic heterocycles. The van der Waals surface area contributed by atoms with Crippen LogP contribution in [0.5, 0.6) is 0 Å². The smallest absolute Gasteiger partial charge is 0.245 e. The summed E-state index contributed by atoms with van der Waals surface area (Å²) in [7, 11) is -3.72. The van der Waals surface area contributed by atoms with Crippen LogP contribution in [0.15, 0.2) is 40.7 Å². The summed E-state index contributed by atoms with van der Waals surface area (Å²) >= 11 is 1.28. The highest BCUT2D eigenvalue weighted by Crippen LogP contribution is 2.24. The maximum absolute atomic E-state index is 13.0. The number of halogens is 1. The highest BCUT2D eigenvalue weighted by molar-refractivity contribution is 7.89. The van der Waals surface area contributed by atoms with E-state index in [0.717, 1.165) is 12.1 Å². The number of carbonyl (C=O) groups is 2. The fraction of sp³-hybridized carbons (Fsp3) is 0.353. The zero-order chi connectivity index (χ0) is 20.1. The Bertz CT molecular complexity index is 925. The predicted molar refractivity (Wildman–Crippen MR) is 102 cm³/mol. The van der Waals surface area contributed by atoms with Gasteiger partial charge in [0, 0.05) is 30.6 Å². The molecule has 2 N–H and O–H groups in total. The monoisotopic (exact) mass is 426 g/mol. The molecule has 0 saturated carbocycles. The molecule has 2 aromatic rings. The Morgan fingerprint density at radius 1 is 1.21 bits per heavy atom. The van der Waals surface area contributed by atoms with Crippen LogP contribution in [-0.4, -0.2) is 49.2 Å². The topological polar surface area (TPSA) is 108 Å². The van der Waals surface area contributed by atoms with E-state index in [1.54, 1.807) is 11.6 Å². The van der Waals surface area contributed by atoms with Gasteiger partial charge in [0.15, 0.2) is 5.13 Å². The van der Waals surface area contributed by atoms with Gasteiger partial charge in [-0.2, -0.15) is 4.31 Å². The number of hydrogen-bond acceptors (Lipinski definition) is 6. The largest absolute Gasteiger partial charge is 0.347 e. The number of carbonyl (C=O) groups excluding carboxylic acids is 2. The zero-order valence-electron chi connectivity index (χ0n) is 14.8. The Labute approximate surface area is 165 Å². The molecule has 0 bridgehead atoms. The predicted octanol–water partition coefficient (Wildman–Crippen LogP) is 1.44. The van der Waals surface area contributed by atoms with E-state index in [-0.39, 0.29) is 42.3 Å². The second-order valence-electron chi connectivity index (χ2n) is 6.24. The number of aromatic nitrogens is 1. The van der Waals surface area contributed by atoms with Crippen molar-refractivity contribution in [3.63, 3.8) is 0 Å². The van der Waals surface area contributed by atoms with E-state index in [1.807, 2.05) is 0 Å². The molecule has 0 spiro atoms. The maximum Gasteiger partial charge on any atom is 0.245 e. The summed E-state index contributed by atoms with van der Waals surface area (Å²) in [5.74, 6) is -1.53. The van der Waals surface area contributed by atoms with Crippen molar-refractivity contribution >= 4 is 38.3 Å². The van der Waals surface area contributed by atoms with E-state index in [0.29, 0.717) is 18.0 Å². The van der Waals surface area contributed by atoms with Gasteiger partial charge < -0.3 is 10.6 Å². The van der Waals surface area contributed by atoms with E-state index in [9.17, 15) is 22.4 Å². The van der Waals surface area contributed by atoms with E-state index < -0.39 is 15.8 Å². The van der Waals surface area contributed by atoms with Gasteiger partial charge in [0.05, 0.1) is 11.4 Å². The van der Waals surface area contributed by atoms with Crippen LogP contribution in [0.25, 0.3) is 0 Å². The number of sulfonamides is 1. The first-order valence-electron chi connectivity index (χ1n) is 8.59. The van der Waals surface area contributed by atoms with Crippen LogP contribution in [0, 0.1) is 11.7 Å². The second kappa shape index (κ2) is 8.76. The first-order valence-corrected chi connectivity index (χ1v) is 10.9. The normalized spacial score (nSPS) is 15.9. The van der Waals surface area contributed by atoms with Crippen molar-refractivity contribution in [1.82, 2.24) is 14.6 Å². The van der Waals surface area contributed by atoms with Crippen molar-refractivity contribution < 1.29 is 22.4 Å². The van der Waals surface area contributed by atoms with Crippen LogP contribution in [0.4, 0.5) is 9.52 Å². The highest BCUT2D eigenvalue weighted by Gasteiger charge is 2.32. The average molecular weight is 426 g/mol. The van der Waals surface area contributed by atoms with Crippen LogP contribution >= 0.6 is 11.3 Å². The fourth-order valence-corrected chi connectivity index (χ4v) is 4.89. The molecule has 0 aliphatic carbocycles. The van der Waals surface area contributed by atoms with Gasteiger partial charge in [-0.05, 0) is 37.1 Å². The van der Waals surface area contributed by atoms with Gasteiger partial charge in [-0.25, -0.2) is 17.8 Å². The molecule has 1 aromatic carbocycles. The molecule has 1 aromatic heterocycles. The number of benzene rings is 1. The summed E-state index contributed by atoms with van der Waals surface area (Å²) in [6, 6.07) is 4.66. The molecule has 0 atom stereocenters. The lowest BCUT2D eigenvalue weighted by Gasteiger charge is -2.30. The summed E-state index contributed by atoms with van der Waals surface area (Å²) in [4.78, 5) is 28.0. The Hall–Kier alpha value is -2.37. The molecule has 2 amide bonds. The Morgan fingerprint density at radius 2 is 1.89 bits per heavy atom. The van der Waals surface area contributed by atoms with Crippen molar-refractivity contribution in [3.05, 3.63) is 41.7 Å². The van der Waals surface area contributed by atoms with E-state index in [2.05, 4.69) is 15.6 Å². The van der Waals surface area contributed by atoms with Gasteiger partial charge in [0.25, 0.3) is 0 Å². The number of amides is 2. The van der Waals surface area contributed by atoms with Crippen molar-refractivity contribution in [2.75, 3.05) is 25.0 Å². The highest BCUT2D eigenvalue weighted by atomic mass is 32.2. The Balaban J connectivity index is 1.48. The molecule has 0 unspecified atom stereocenters. The van der Waals surface area contributed by atoms with Gasteiger partial charge in [-0.3, -0.25) is 9.59 Å². The number of piperidine rings is 1. The summed E-state index contributed by atoms with van der Waals surface area (Å²) < 4.78 is 39.5. The first-order chi connectivity index (χ1) is 13.4. The summed E-state index contributed by atoms with van der Waals surface area (Å²) in [6.07, 6.45) is 2.26. The Kier molecular flexibility index (Phi) is 6.37. The number of hydrogen-bond donors (Lipinski definition) is 2. The van der Waals surface area contributed by atoms with Crippen LogP contribution in [-0.2, 0) is 19.6 Å². The third-order valence-electron chi connectivity index (χ3n) is 4.38. The fourth-order valence-electron chi connectivity index (χ4n) is 2.87. The van der Waals surface area contributed by atoms with Crippen LogP contribution in [0.2, 0.25) is 0 Å². The molecule has 0 radical (unpaired) electrons. The first kappa shape index (κ1) is 20.4. The molecule has 1 saturated heterocycles. The molecular weight excluding hydrogens is 407 g/mol.